The third-order valence-electron chi connectivity index (χ3n) is 7.93. The molecule has 154 valence electrons. The van der Waals surface area contributed by atoms with Crippen molar-refractivity contribution in [2.75, 3.05) is 13.1 Å². The van der Waals surface area contributed by atoms with Gasteiger partial charge in [0.25, 0.3) is 0 Å². The highest BCUT2D eigenvalue weighted by Gasteiger charge is 2.51. The van der Waals surface area contributed by atoms with Gasteiger partial charge in [-0.05, 0) is 85.6 Å². The maximum absolute atomic E-state index is 5.90. The molecule has 1 aromatic carbocycles. The first kappa shape index (κ1) is 19.9. The van der Waals surface area contributed by atoms with Gasteiger partial charge in [0.2, 0.25) is 0 Å². The fraction of sp³-hybridized carbons (Fsp3) is 0.720. The van der Waals surface area contributed by atoms with Gasteiger partial charge in [-0.3, -0.25) is 0 Å². The van der Waals surface area contributed by atoms with Crippen molar-refractivity contribution in [3.63, 3.8) is 0 Å². The lowest BCUT2D eigenvalue weighted by atomic mass is 9.50. The van der Waals surface area contributed by atoms with Gasteiger partial charge < -0.3 is 10.2 Å². The monoisotopic (exact) mass is 382 g/mol. The maximum atomic E-state index is 5.90. The van der Waals surface area contributed by atoms with Crippen LogP contribution in [0.3, 0.4) is 0 Å². The minimum atomic E-state index is 0.133. The van der Waals surface area contributed by atoms with Gasteiger partial charge in [-0.1, -0.05) is 57.5 Å². The lowest BCUT2D eigenvalue weighted by molar-refractivity contribution is 0.0309. The molecular weight excluding hydrogens is 344 g/mol. The lowest BCUT2D eigenvalue weighted by Crippen LogP contribution is -2.49. The van der Waals surface area contributed by atoms with E-state index in [1.807, 2.05) is 0 Å². The number of benzene rings is 1. The number of nitrogens with zero attached hydrogens (tertiary/aromatic N) is 1. The average molecular weight is 383 g/mol. The lowest BCUT2D eigenvalue weighted by Gasteiger charge is -2.54. The van der Waals surface area contributed by atoms with E-state index < -0.39 is 0 Å². The summed E-state index contributed by atoms with van der Waals surface area (Å²) >= 11 is 0. The molecule has 3 aliphatic rings. The Hall–Kier alpha value is -1.35. The van der Waals surface area contributed by atoms with Crippen LogP contribution in [0.1, 0.15) is 88.8 Å². The Kier molecular flexibility index (Phi) is 5.57. The fourth-order valence-corrected chi connectivity index (χ4v) is 6.21. The predicted molar refractivity (Wildman–Crippen MR) is 117 cm³/mol. The zero-order chi connectivity index (χ0) is 19.8. The Morgan fingerprint density at radius 2 is 1.93 bits per heavy atom. The topological polar surface area (TPSA) is 33.6 Å². The Morgan fingerprint density at radius 1 is 1.14 bits per heavy atom. The molecule has 2 fully saturated rings. The zero-order valence-corrected chi connectivity index (χ0v) is 18.3. The van der Waals surface area contributed by atoms with Gasteiger partial charge in [0, 0.05) is 11.6 Å². The molecule has 1 N–H and O–H groups in total. The summed E-state index contributed by atoms with van der Waals surface area (Å²) in [5.41, 5.74) is 5.07. The molecule has 1 heterocycles. The maximum Gasteiger partial charge on any atom is 0.130 e. The molecule has 3 nitrogen and oxygen atoms in total. The second-order valence-corrected chi connectivity index (χ2v) is 10.2. The first-order chi connectivity index (χ1) is 13.4. The Balaban J connectivity index is 1.56. The summed E-state index contributed by atoms with van der Waals surface area (Å²) in [6.45, 7) is 11.6. The van der Waals surface area contributed by atoms with Crippen molar-refractivity contribution in [1.29, 1.82) is 0 Å². The number of rotatable bonds is 4. The van der Waals surface area contributed by atoms with Gasteiger partial charge in [0.15, 0.2) is 0 Å². The summed E-state index contributed by atoms with van der Waals surface area (Å²) in [7, 11) is 0. The van der Waals surface area contributed by atoms with Crippen molar-refractivity contribution in [1.82, 2.24) is 5.32 Å². The van der Waals surface area contributed by atoms with E-state index >= 15 is 0 Å². The van der Waals surface area contributed by atoms with Crippen LogP contribution in [-0.4, -0.2) is 25.4 Å². The zero-order valence-electron chi connectivity index (χ0n) is 18.3. The quantitative estimate of drug-likeness (QED) is 0.545. The molecular formula is C25H38N2O. The second kappa shape index (κ2) is 7.82. The van der Waals surface area contributed by atoms with Crippen LogP contribution in [0.2, 0.25) is 0 Å². The van der Waals surface area contributed by atoms with Crippen LogP contribution in [0.15, 0.2) is 23.4 Å². The van der Waals surface area contributed by atoms with Crippen LogP contribution in [0.4, 0.5) is 0 Å². The van der Waals surface area contributed by atoms with Gasteiger partial charge in [-0.25, -0.2) is 0 Å². The predicted octanol–water partition coefficient (Wildman–Crippen LogP) is 5.57. The van der Waals surface area contributed by atoms with Crippen LogP contribution >= 0.6 is 0 Å². The summed E-state index contributed by atoms with van der Waals surface area (Å²) in [5.74, 6) is 1.25. The fourth-order valence-electron chi connectivity index (χ4n) is 6.21. The third kappa shape index (κ3) is 3.63. The van der Waals surface area contributed by atoms with Crippen LogP contribution in [-0.2, 0) is 16.7 Å². The molecule has 4 rings (SSSR count). The molecule has 0 amide bonds. The molecule has 1 aliphatic heterocycles. The summed E-state index contributed by atoms with van der Waals surface area (Å²) in [6, 6.07) is 7.31. The van der Waals surface area contributed by atoms with E-state index in [1.165, 1.54) is 37.7 Å². The van der Waals surface area contributed by atoms with Crippen molar-refractivity contribution in [3.05, 3.63) is 34.9 Å². The first-order valence-electron chi connectivity index (χ1n) is 11.5. The minimum Gasteiger partial charge on any atom is -0.393 e. The molecule has 0 radical (unpaired) electrons. The van der Waals surface area contributed by atoms with E-state index in [0.29, 0.717) is 11.8 Å². The highest BCUT2D eigenvalue weighted by Crippen LogP contribution is 2.56. The van der Waals surface area contributed by atoms with Crippen molar-refractivity contribution < 1.29 is 4.84 Å². The Bertz CT molecular complexity index is 721. The minimum absolute atomic E-state index is 0.133. The summed E-state index contributed by atoms with van der Waals surface area (Å²) in [4.78, 5) is 5.90. The number of nitrogens with one attached hydrogen (secondary N) is 1. The Labute approximate surface area is 171 Å². The first-order valence-corrected chi connectivity index (χ1v) is 11.5. The number of fused-ring (bicyclic) bond motifs is 3. The molecule has 1 saturated heterocycles. The Morgan fingerprint density at radius 3 is 2.68 bits per heavy atom. The van der Waals surface area contributed by atoms with Crippen molar-refractivity contribution in [2.45, 2.75) is 90.1 Å². The second-order valence-electron chi connectivity index (χ2n) is 10.2. The van der Waals surface area contributed by atoms with Crippen LogP contribution in [0.5, 0.6) is 0 Å². The van der Waals surface area contributed by atoms with Crippen molar-refractivity contribution in [3.8, 4) is 0 Å². The number of oxime groups is 1. The average Bonchev–Trinajstić information content (AvgIpc) is 2.68. The number of aryl methyl sites for hydroxylation is 1. The van der Waals surface area contributed by atoms with E-state index in [4.69, 9.17) is 4.84 Å². The van der Waals surface area contributed by atoms with Crippen LogP contribution in [0.25, 0.3) is 0 Å². The molecule has 28 heavy (non-hydrogen) atoms. The largest absolute Gasteiger partial charge is 0.393 e. The van der Waals surface area contributed by atoms with E-state index in [9.17, 15) is 0 Å². The van der Waals surface area contributed by atoms with E-state index in [0.717, 1.165) is 25.9 Å². The van der Waals surface area contributed by atoms with E-state index in [1.54, 1.807) is 11.1 Å². The molecule has 3 atom stereocenters. The van der Waals surface area contributed by atoms with E-state index in [-0.39, 0.29) is 16.9 Å². The van der Waals surface area contributed by atoms with E-state index in [2.05, 4.69) is 62.6 Å². The van der Waals surface area contributed by atoms with Gasteiger partial charge >= 0.3 is 0 Å². The third-order valence-corrected chi connectivity index (χ3v) is 7.93. The smallest absolute Gasteiger partial charge is 0.130 e. The molecule has 0 bridgehead atoms. The van der Waals surface area contributed by atoms with Crippen LogP contribution in [0, 0.1) is 11.3 Å². The van der Waals surface area contributed by atoms with Crippen LogP contribution < -0.4 is 5.32 Å². The molecule has 1 saturated carbocycles. The van der Waals surface area contributed by atoms with Gasteiger partial charge in [0.05, 0.1) is 0 Å². The number of hydrogen-bond donors (Lipinski definition) is 1. The van der Waals surface area contributed by atoms with Gasteiger partial charge in [0.1, 0.15) is 6.10 Å². The van der Waals surface area contributed by atoms with Crippen molar-refractivity contribution >= 4 is 6.21 Å². The highest BCUT2D eigenvalue weighted by molar-refractivity contribution is 5.66. The molecule has 1 aromatic rings. The van der Waals surface area contributed by atoms with Crippen molar-refractivity contribution in [2.24, 2.45) is 16.5 Å². The normalized spacial score (nSPS) is 33.7. The molecule has 3 heteroatoms. The standard InChI is InChI=1S/C25H38N2O/c1-18(2)19-6-8-22-20(16-19)7-9-23-24(3,12-5-13-25(22,23)4)17-27-28-21-10-14-26-15-11-21/h6,8,16-18,21,23,26H,5,7,9-15H2,1-4H3/b27-17+/t23-,24-,25+/m0/s1. The molecule has 2 aliphatic carbocycles. The highest BCUT2D eigenvalue weighted by atomic mass is 16.6. The molecule has 0 unspecified atom stereocenters. The summed E-state index contributed by atoms with van der Waals surface area (Å²) in [5, 5.41) is 7.95. The summed E-state index contributed by atoms with van der Waals surface area (Å²) < 4.78 is 0. The number of piperidine rings is 1. The number of hydrogen-bond acceptors (Lipinski definition) is 3. The SMILES string of the molecule is CC(C)c1ccc2c(c1)CC[C@H]1[C@](C)(/C=N/OC3CCNCC3)CCC[C@]21C. The molecule has 0 aromatic heterocycles. The van der Waals surface area contributed by atoms with Gasteiger partial charge in [-0.15, -0.1) is 0 Å². The molecule has 0 spiro atoms. The summed E-state index contributed by atoms with van der Waals surface area (Å²) in [6.07, 6.45) is 10.9. The van der Waals surface area contributed by atoms with Gasteiger partial charge in [-0.2, -0.15) is 0 Å².